The van der Waals surface area contributed by atoms with E-state index >= 15 is 0 Å². The zero-order valence-electron chi connectivity index (χ0n) is 10.8. The van der Waals surface area contributed by atoms with Crippen LogP contribution in [-0.2, 0) is 4.79 Å². The molecule has 3 nitrogen and oxygen atoms in total. The minimum atomic E-state index is 0.249. The van der Waals surface area contributed by atoms with Crippen LogP contribution in [0.2, 0.25) is 0 Å². The van der Waals surface area contributed by atoms with Crippen LogP contribution in [0.3, 0.4) is 0 Å². The molecule has 1 atom stereocenters. The molecule has 0 spiro atoms. The summed E-state index contributed by atoms with van der Waals surface area (Å²) in [6.45, 7) is 3.00. The highest BCUT2D eigenvalue weighted by molar-refractivity contribution is 8.00. The van der Waals surface area contributed by atoms with E-state index in [0.717, 1.165) is 19.6 Å². The topological polar surface area (TPSA) is 41.1 Å². The molecular weight excluding hydrogens is 232 g/mol. The van der Waals surface area contributed by atoms with Crippen molar-refractivity contribution in [1.82, 2.24) is 10.6 Å². The third kappa shape index (κ3) is 3.62. The van der Waals surface area contributed by atoms with Gasteiger partial charge in [-0.05, 0) is 50.9 Å². The lowest BCUT2D eigenvalue weighted by atomic mass is 9.84. The second-order valence-corrected chi connectivity index (χ2v) is 6.71. The van der Waals surface area contributed by atoms with Gasteiger partial charge in [-0.25, -0.2) is 0 Å². The predicted octanol–water partition coefficient (Wildman–Crippen LogP) is 1.78. The quantitative estimate of drug-likeness (QED) is 0.788. The van der Waals surface area contributed by atoms with Crippen molar-refractivity contribution < 1.29 is 4.79 Å². The van der Waals surface area contributed by atoms with Gasteiger partial charge in [-0.3, -0.25) is 4.79 Å². The second kappa shape index (κ2) is 6.10. The van der Waals surface area contributed by atoms with E-state index in [0.29, 0.717) is 17.1 Å². The fourth-order valence-electron chi connectivity index (χ4n) is 2.72. The van der Waals surface area contributed by atoms with Crippen LogP contribution in [0.5, 0.6) is 0 Å². The van der Waals surface area contributed by atoms with Gasteiger partial charge in [-0.15, -0.1) is 0 Å². The molecule has 2 aliphatic rings. The van der Waals surface area contributed by atoms with Gasteiger partial charge >= 0.3 is 0 Å². The molecule has 1 amide bonds. The van der Waals surface area contributed by atoms with Crippen LogP contribution < -0.4 is 10.6 Å². The van der Waals surface area contributed by atoms with E-state index in [2.05, 4.69) is 16.9 Å². The number of thioether (sulfide) groups is 1. The van der Waals surface area contributed by atoms with Crippen LogP contribution in [0.25, 0.3) is 0 Å². The highest BCUT2D eigenvalue weighted by atomic mass is 32.2. The molecule has 1 heterocycles. The van der Waals surface area contributed by atoms with Gasteiger partial charge in [0, 0.05) is 17.7 Å². The summed E-state index contributed by atoms with van der Waals surface area (Å²) in [5, 5.41) is 6.50. The molecule has 17 heavy (non-hydrogen) atoms. The molecule has 2 N–H and O–H groups in total. The molecule has 1 aliphatic carbocycles. The van der Waals surface area contributed by atoms with Gasteiger partial charge in [0.15, 0.2) is 0 Å². The van der Waals surface area contributed by atoms with Crippen LogP contribution in [0.4, 0.5) is 0 Å². The van der Waals surface area contributed by atoms with Gasteiger partial charge < -0.3 is 10.6 Å². The summed E-state index contributed by atoms with van der Waals surface area (Å²) in [5.74, 6) is 0.800. The van der Waals surface area contributed by atoms with Gasteiger partial charge in [0.2, 0.25) is 5.91 Å². The predicted molar refractivity (Wildman–Crippen MR) is 73.3 cm³/mol. The van der Waals surface area contributed by atoms with Crippen molar-refractivity contribution in [3.8, 4) is 0 Å². The molecule has 1 saturated carbocycles. The first-order chi connectivity index (χ1) is 8.24. The van der Waals surface area contributed by atoms with Crippen molar-refractivity contribution >= 4 is 17.7 Å². The number of hydrogen-bond acceptors (Lipinski definition) is 3. The lowest BCUT2D eigenvalue weighted by Gasteiger charge is -2.40. The highest BCUT2D eigenvalue weighted by Crippen LogP contribution is 2.42. The van der Waals surface area contributed by atoms with E-state index in [1.54, 1.807) is 0 Å². The summed E-state index contributed by atoms with van der Waals surface area (Å²) < 4.78 is 0.362. The molecule has 2 fully saturated rings. The second-order valence-electron chi connectivity index (χ2n) is 5.43. The van der Waals surface area contributed by atoms with Crippen molar-refractivity contribution in [1.29, 1.82) is 0 Å². The Bertz CT molecular complexity index is 255. The first-order valence-electron chi connectivity index (χ1n) is 6.77. The van der Waals surface area contributed by atoms with Gasteiger partial charge in [0.25, 0.3) is 0 Å². The van der Waals surface area contributed by atoms with E-state index in [1.807, 2.05) is 11.8 Å². The first kappa shape index (κ1) is 13.2. The number of carbonyl (C=O) groups excluding carboxylic acids is 1. The Kier molecular flexibility index (Phi) is 4.74. The standard InChI is InChI=1S/C13H24N2OS/c1-17-13(5-3-6-13)10-15-12(16)8-11-4-2-7-14-9-11/h11,14H,2-10H2,1H3,(H,15,16). The van der Waals surface area contributed by atoms with E-state index in [9.17, 15) is 4.79 Å². The van der Waals surface area contributed by atoms with E-state index in [-0.39, 0.29) is 5.91 Å². The van der Waals surface area contributed by atoms with Crippen LogP contribution in [0.15, 0.2) is 0 Å². The van der Waals surface area contributed by atoms with E-state index in [1.165, 1.54) is 32.1 Å². The zero-order valence-corrected chi connectivity index (χ0v) is 11.6. The molecule has 1 saturated heterocycles. The van der Waals surface area contributed by atoms with Gasteiger partial charge in [-0.2, -0.15) is 11.8 Å². The van der Waals surface area contributed by atoms with Gasteiger partial charge in [-0.1, -0.05) is 6.42 Å². The summed E-state index contributed by atoms with van der Waals surface area (Å²) in [7, 11) is 0. The third-order valence-corrected chi connectivity index (χ3v) is 5.60. The summed E-state index contributed by atoms with van der Waals surface area (Å²) in [5.41, 5.74) is 0. The molecule has 0 aromatic carbocycles. The minimum Gasteiger partial charge on any atom is -0.355 e. The molecule has 2 rings (SSSR count). The number of nitrogens with one attached hydrogen (secondary N) is 2. The molecule has 98 valence electrons. The Hall–Kier alpha value is -0.220. The van der Waals surface area contributed by atoms with Crippen molar-refractivity contribution in [2.45, 2.75) is 43.3 Å². The molecule has 0 aromatic rings. The number of rotatable bonds is 5. The Labute approximate surface area is 108 Å². The van der Waals surface area contributed by atoms with Crippen LogP contribution >= 0.6 is 11.8 Å². The normalized spacial score (nSPS) is 27.2. The average Bonchev–Trinajstić information content (AvgIpc) is 2.29. The fourth-order valence-corrected chi connectivity index (χ4v) is 3.63. The number of hydrogen-bond donors (Lipinski definition) is 2. The maximum atomic E-state index is 11.9. The zero-order chi connectivity index (χ0) is 12.1. The Morgan fingerprint density at radius 3 is 2.82 bits per heavy atom. The SMILES string of the molecule is CSC1(CNC(=O)CC2CCCNC2)CCC1. The van der Waals surface area contributed by atoms with Crippen molar-refractivity contribution in [3.05, 3.63) is 0 Å². The molecule has 1 aliphatic heterocycles. The van der Waals surface area contributed by atoms with Crippen LogP contribution in [0, 0.1) is 5.92 Å². The molecule has 0 aromatic heterocycles. The van der Waals surface area contributed by atoms with Crippen molar-refractivity contribution in [2.75, 3.05) is 25.9 Å². The fraction of sp³-hybridized carbons (Fsp3) is 0.923. The molecule has 0 radical (unpaired) electrons. The average molecular weight is 256 g/mol. The Morgan fingerprint density at radius 2 is 2.29 bits per heavy atom. The number of carbonyl (C=O) groups is 1. The number of piperidine rings is 1. The maximum absolute atomic E-state index is 11.9. The summed E-state index contributed by atoms with van der Waals surface area (Å²) >= 11 is 1.92. The highest BCUT2D eigenvalue weighted by Gasteiger charge is 2.36. The molecule has 4 heteroatoms. The monoisotopic (exact) mass is 256 g/mol. The molecule has 0 bridgehead atoms. The summed E-state index contributed by atoms with van der Waals surface area (Å²) in [6, 6.07) is 0. The van der Waals surface area contributed by atoms with E-state index in [4.69, 9.17) is 0 Å². The lowest BCUT2D eigenvalue weighted by Crippen LogP contribution is -2.46. The van der Waals surface area contributed by atoms with Gasteiger partial charge in [0.05, 0.1) is 0 Å². The molecular formula is C13H24N2OS. The van der Waals surface area contributed by atoms with Crippen molar-refractivity contribution in [3.63, 3.8) is 0 Å². The largest absolute Gasteiger partial charge is 0.355 e. The van der Waals surface area contributed by atoms with Crippen LogP contribution in [0.1, 0.15) is 38.5 Å². The number of amides is 1. The smallest absolute Gasteiger partial charge is 0.220 e. The molecule has 1 unspecified atom stereocenters. The van der Waals surface area contributed by atoms with Crippen molar-refractivity contribution in [2.24, 2.45) is 5.92 Å². The first-order valence-corrected chi connectivity index (χ1v) is 7.99. The minimum absolute atomic E-state index is 0.249. The Morgan fingerprint density at radius 1 is 1.47 bits per heavy atom. The maximum Gasteiger partial charge on any atom is 0.220 e. The van der Waals surface area contributed by atoms with E-state index < -0.39 is 0 Å². The lowest BCUT2D eigenvalue weighted by molar-refractivity contribution is -0.122. The van der Waals surface area contributed by atoms with Gasteiger partial charge in [0.1, 0.15) is 0 Å². The summed E-state index contributed by atoms with van der Waals surface area (Å²) in [4.78, 5) is 11.9. The third-order valence-electron chi connectivity index (χ3n) is 4.18. The van der Waals surface area contributed by atoms with Crippen LogP contribution in [-0.4, -0.2) is 36.5 Å². The summed E-state index contributed by atoms with van der Waals surface area (Å²) in [6.07, 6.45) is 9.14. The Balaban J connectivity index is 1.66.